The number of aryl methyl sites for hydroxylation is 1. The second-order valence-electron chi connectivity index (χ2n) is 7.32. The van der Waals surface area contributed by atoms with Gasteiger partial charge in [-0.1, -0.05) is 38.8 Å². The first kappa shape index (κ1) is 17.6. The molecule has 3 rings (SSSR count). The quantitative estimate of drug-likeness (QED) is 0.877. The lowest BCUT2D eigenvalue weighted by molar-refractivity contribution is -0.122. The van der Waals surface area contributed by atoms with Crippen LogP contribution in [0.5, 0.6) is 0 Å². The number of para-hydroxylation sites is 1. The van der Waals surface area contributed by atoms with Crippen LogP contribution in [-0.4, -0.2) is 21.9 Å². The SMILES string of the molecule is C[C@@H]1[C@H](C)CCC[C@@H]1NC(=O)CCCc1nc2ccccc2c(=O)[nH]1. The molecule has 1 aromatic heterocycles. The van der Waals surface area contributed by atoms with Gasteiger partial charge >= 0.3 is 0 Å². The van der Waals surface area contributed by atoms with Crippen LogP contribution in [0.1, 0.15) is 51.8 Å². The summed E-state index contributed by atoms with van der Waals surface area (Å²) >= 11 is 0. The largest absolute Gasteiger partial charge is 0.353 e. The molecule has 0 unspecified atom stereocenters. The Labute approximate surface area is 148 Å². The second-order valence-corrected chi connectivity index (χ2v) is 7.32. The van der Waals surface area contributed by atoms with Crippen LogP contribution < -0.4 is 10.9 Å². The van der Waals surface area contributed by atoms with Crippen molar-refractivity contribution in [2.75, 3.05) is 0 Å². The molecule has 1 fully saturated rings. The maximum absolute atomic E-state index is 12.2. The lowest BCUT2D eigenvalue weighted by atomic mass is 9.78. The minimum Gasteiger partial charge on any atom is -0.353 e. The predicted octanol–water partition coefficient (Wildman–Crippen LogP) is 3.19. The molecule has 25 heavy (non-hydrogen) atoms. The molecule has 3 atom stereocenters. The van der Waals surface area contributed by atoms with Gasteiger partial charge in [0.15, 0.2) is 0 Å². The number of H-pyrrole nitrogens is 1. The highest BCUT2D eigenvalue weighted by atomic mass is 16.1. The van der Waals surface area contributed by atoms with Crippen LogP contribution in [0.3, 0.4) is 0 Å². The van der Waals surface area contributed by atoms with E-state index in [1.165, 1.54) is 12.8 Å². The smallest absolute Gasteiger partial charge is 0.258 e. The van der Waals surface area contributed by atoms with Crippen molar-refractivity contribution >= 4 is 16.8 Å². The molecule has 1 aliphatic carbocycles. The van der Waals surface area contributed by atoms with E-state index in [1.54, 1.807) is 6.07 Å². The first-order chi connectivity index (χ1) is 12.0. The van der Waals surface area contributed by atoms with Gasteiger partial charge in [0, 0.05) is 18.9 Å². The highest BCUT2D eigenvalue weighted by Gasteiger charge is 2.27. The number of carbonyl (C=O) groups excluding carboxylic acids is 1. The Morgan fingerprint density at radius 2 is 2.08 bits per heavy atom. The summed E-state index contributed by atoms with van der Waals surface area (Å²) in [6, 6.07) is 7.61. The van der Waals surface area contributed by atoms with Gasteiger partial charge in [0.25, 0.3) is 5.56 Å². The van der Waals surface area contributed by atoms with Gasteiger partial charge in [-0.05, 0) is 36.8 Å². The van der Waals surface area contributed by atoms with Crippen molar-refractivity contribution in [3.63, 3.8) is 0 Å². The summed E-state index contributed by atoms with van der Waals surface area (Å²) in [5, 5.41) is 3.80. The second kappa shape index (κ2) is 7.81. The summed E-state index contributed by atoms with van der Waals surface area (Å²) in [6.07, 6.45) is 5.28. The Kier molecular flexibility index (Phi) is 5.51. The van der Waals surface area contributed by atoms with Gasteiger partial charge in [0.05, 0.1) is 10.9 Å². The van der Waals surface area contributed by atoms with E-state index in [0.29, 0.717) is 53.9 Å². The molecule has 2 N–H and O–H groups in total. The van der Waals surface area contributed by atoms with Crippen LogP contribution >= 0.6 is 0 Å². The summed E-state index contributed by atoms with van der Waals surface area (Å²) < 4.78 is 0. The Hall–Kier alpha value is -2.17. The zero-order valence-electron chi connectivity index (χ0n) is 15.0. The number of amides is 1. The number of aromatic amines is 1. The zero-order chi connectivity index (χ0) is 17.8. The number of carbonyl (C=O) groups is 1. The molecule has 134 valence electrons. The molecule has 1 amide bonds. The molecule has 5 heteroatoms. The highest BCUT2D eigenvalue weighted by Crippen LogP contribution is 2.29. The van der Waals surface area contributed by atoms with E-state index in [4.69, 9.17) is 0 Å². The Bertz CT molecular complexity index is 799. The minimum absolute atomic E-state index is 0.106. The number of hydrogen-bond acceptors (Lipinski definition) is 3. The van der Waals surface area contributed by atoms with Gasteiger partial charge in [-0.15, -0.1) is 0 Å². The van der Waals surface area contributed by atoms with E-state index in [-0.39, 0.29) is 11.5 Å². The summed E-state index contributed by atoms with van der Waals surface area (Å²) in [5.41, 5.74) is 0.589. The Morgan fingerprint density at radius 1 is 1.28 bits per heavy atom. The summed E-state index contributed by atoms with van der Waals surface area (Å²) in [5.74, 6) is 1.97. The number of aromatic nitrogens is 2. The third-order valence-electron chi connectivity index (χ3n) is 5.53. The standard InChI is InChI=1S/C20H27N3O2/c1-13-7-5-10-16(14(13)2)22-19(24)12-6-11-18-21-17-9-4-3-8-15(17)20(25)23-18/h3-4,8-9,13-14,16H,5-7,10-12H2,1-2H3,(H,22,24)(H,21,23,25)/t13-,14-,16+/m1/s1. The minimum atomic E-state index is -0.116. The van der Waals surface area contributed by atoms with Crippen molar-refractivity contribution < 1.29 is 4.79 Å². The fraction of sp³-hybridized carbons (Fsp3) is 0.550. The summed E-state index contributed by atoms with van der Waals surface area (Å²) in [4.78, 5) is 31.6. The third kappa shape index (κ3) is 4.27. The molecule has 1 heterocycles. The van der Waals surface area contributed by atoms with Gasteiger partial charge in [0.2, 0.25) is 5.91 Å². The fourth-order valence-corrected chi connectivity index (χ4v) is 3.73. The van der Waals surface area contributed by atoms with Gasteiger partial charge in [-0.2, -0.15) is 0 Å². The van der Waals surface area contributed by atoms with Gasteiger partial charge < -0.3 is 10.3 Å². The van der Waals surface area contributed by atoms with Crippen molar-refractivity contribution in [1.82, 2.24) is 15.3 Å². The van der Waals surface area contributed by atoms with Crippen LogP contribution in [0.25, 0.3) is 10.9 Å². The van der Waals surface area contributed by atoms with Crippen molar-refractivity contribution in [2.45, 2.75) is 58.4 Å². The molecule has 5 nitrogen and oxygen atoms in total. The molecule has 0 saturated heterocycles. The molecule has 1 aliphatic rings. The van der Waals surface area contributed by atoms with Crippen LogP contribution in [0.4, 0.5) is 0 Å². The zero-order valence-corrected chi connectivity index (χ0v) is 15.0. The lowest BCUT2D eigenvalue weighted by Gasteiger charge is -2.34. The first-order valence-electron chi connectivity index (χ1n) is 9.32. The maximum Gasteiger partial charge on any atom is 0.258 e. The van der Waals surface area contributed by atoms with E-state index in [9.17, 15) is 9.59 Å². The average molecular weight is 341 g/mol. The van der Waals surface area contributed by atoms with Crippen LogP contribution in [-0.2, 0) is 11.2 Å². The van der Waals surface area contributed by atoms with Crippen molar-refractivity contribution in [3.8, 4) is 0 Å². The molecule has 0 bridgehead atoms. The van der Waals surface area contributed by atoms with Crippen molar-refractivity contribution in [2.24, 2.45) is 11.8 Å². The third-order valence-corrected chi connectivity index (χ3v) is 5.53. The number of nitrogens with zero attached hydrogens (tertiary/aromatic N) is 1. The molecule has 1 saturated carbocycles. The van der Waals surface area contributed by atoms with E-state index in [1.807, 2.05) is 18.2 Å². The number of hydrogen-bond donors (Lipinski definition) is 2. The van der Waals surface area contributed by atoms with Gasteiger partial charge in [-0.3, -0.25) is 9.59 Å². The summed E-state index contributed by atoms with van der Waals surface area (Å²) in [6.45, 7) is 4.50. The molecule has 1 aromatic carbocycles. The van der Waals surface area contributed by atoms with Gasteiger partial charge in [-0.25, -0.2) is 4.98 Å². The lowest BCUT2D eigenvalue weighted by Crippen LogP contribution is -2.43. The maximum atomic E-state index is 12.2. The number of nitrogens with one attached hydrogen (secondary N) is 2. The number of fused-ring (bicyclic) bond motifs is 1. The summed E-state index contributed by atoms with van der Waals surface area (Å²) in [7, 11) is 0. The Balaban J connectivity index is 1.52. The molecular formula is C20H27N3O2. The van der Waals surface area contributed by atoms with Crippen LogP contribution in [0, 0.1) is 11.8 Å². The van der Waals surface area contributed by atoms with Crippen molar-refractivity contribution in [3.05, 3.63) is 40.4 Å². The van der Waals surface area contributed by atoms with Crippen molar-refractivity contribution in [1.29, 1.82) is 0 Å². The van der Waals surface area contributed by atoms with Crippen LogP contribution in [0.15, 0.2) is 29.1 Å². The highest BCUT2D eigenvalue weighted by molar-refractivity contribution is 5.77. The topological polar surface area (TPSA) is 74.8 Å². The Morgan fingerprint density at radius 3 is 2.92 bits per heavy atom. The van der Waals surface area contributed by atoms with E-state index in [2.05, 4.69) is 29.1 Å². The monoisotopic (exact) mass is 341 g/mol. The molecule has 0 radical (unpaired) electrons. The van der Waals surface area contributed by atoms with E-state index < -0.39 is 0 Å². The predicted molar refractivity (Wildman–Crippen MR) is 99.4 cm³/mol. The average Bonchev–Trinajstić information content (AvgIpc) is 2.59. The number of rotatable bonds is 5. The number of benzene rings is 1. The molecule has 0 aliphatic heterocycles. The first-order valence-corrected chi connectivity index (χ1v) is 9.32. The molecule has 2 aromatic rings. The fourth-order valence-electron chi connectivity index (χ4n) is 3.73. The normalized spacial score (nSPS) is 23.5. The van der Waals surface area contributed by atoms with E-state index in [0.717, 1.165) is 6.42 Å². The van der Waals surface area contributed by atoms with E-state index >= 15 is 0 Å². The van der Waals surface area contributed by atoms with Crippen LogP contribution in [0.2, 0.25) is 0 Å². The van der Waals surface area contributed by atoms with Gasteiger partial charge in [0.1, 0.15) is 5.82 Å². The molecular weight excluding hydrogens is 314 g/mol. The molecule has 0 spiro atoms.